The molecule has 0 aromatic carbocycles. The zero-order chi connectivity index (χ0) is 37.3. The van der Waals surface area contributed by atoms with Gasteiger partial charge >= 0.3 is 0 Å². The first-order valence-corrected chi connectivity index (χ1v) is 29.4. The van der Waals surface area contributed by atoms with E-state index in [1.165, 1.54) is 0 Å². The first-order valence-electron chi connectivity index (χ1n) is 17.7. The minimum atomic E-state index is -2.47. The molecule has 0 amide bonds. The molecule has 1 saturated heterocycles. The maximum absolute atomic E-state index is 13.1. The molecule has 1 aliphatic rings. The van der Waals surface area contributed by atoms with Crippen LogP contribution in [0.2, 0.25) is 72.5 Å². The van der Waals surface area contributed by atoms with Crippen molar-refractivity contribution in [2.24, 2.45) is 0 Å². The zero-order valence-electron chi connectivity index (χ0n) is 34.1. The molecule has 1 fully saturated rings. The van der Waals surface area contributed by atoms with Gasteiger partial charge in [0, 0.05) is 0 Å². The number of fused-ring (bicyclic) bond motifs is 1. The fourth-order valence-electron chi connectivity index (χ4n) is 4.71. The minimum Gasteiger partial charge on any atom is -0.414 e. The predicted molar refractivity (Wildman–Crippen MR) is 210 cm³/mol. The van der Waals surface area contributed by atoms with E-state index in [1.54, 1.807) is 10.8 Å². The molecule has 3 heterocycles. The molecule has 3 rings (SSSR count). The van der Waals surface area contributed by atoms with Gasteiger partial charge in [0.1, 0.15) is 41.7 Å². The molecule has 9 nitrogen and oxygen atoms in total. The lowest BCUT2D eigenvalue weighted by atomic mass is 10.0. The highest BCUT2D eigenvalue weighted by Gasteiger charge is 2.62. The average Bonchev–Trinajstić information content (AvgIpc) is 3.41. The molecule has 2 aromatic heterocycles. The summed E-state index contributed by atoms with van der Waals surface area (Å²) in [5.74, 6) is -1.11. The highest BCUT2D eigenvalue weighted by molar-refractivity contribution is 6.83. The fraction of sp³-hybridized carbons (Fsp3) is 0.829. The number of nitrogens with zero attached hydrogens (tertiary/aromatic N) is 3. The van der Waals surface area contributed by atoms with Crippen LogP contribution in [-0.2, 0) is 23.8 Å². The van der Waals surface area contributed by atoms with Crippen LogP contribution in [0.25, 0.3) is 5.52 Å². The minimum absolute atomic E-state index is 0.0108. The Bertz CT molecular complexity index is 1430. The van der Waals surface area contributed by atoms with E-state index in [-0.39, 0.29) is 20.2 Å². The lowest BCUT2D eigenvalue weighted by Gasteiger charge is -2.45. The van der Waals surface area contributed by atoms with E-state index in [9.17, 15) is 5.11 Å². The molecule has 0 aliphatic carbocycles. The Labute approximate surface area is 296 Å². The second-order valence-corrected chi connectivity index (χ2v) is 39.5. The van der Waals surface area contributed by atoms with Crippen molar-refractivity contribution in [3.05, 3.63) is 24.2 Å². The number of aromatic nitrogens is 3. The maximum Gasteiger partial charge on any atom is 0.239 e. The monoisotopic (exact) mass is 738 g/mol. The number of rotatable bonds is 10. The van der Waals surface area contributed by atoms with Gasteiger partial charge in [0.25, 0.3) is 0 Å². The topological polar surface area (TPSA) is 99.4 Å². The molecule has 1 unspecified atom stereocenters. The maximum atomic E-state index is 13.1. The first-order chi connectivity index (χ1) is 21.2. The highest BCUT2D eigenvalue weighted by atomic mass is 28.4. The summed E-state index contributed by atoms with van der Waals surface area (Å²) in [6.45, 7) is 45.2. The lowest BCUT2D eigenvalue weighted by molar-refractivity contribution is -0.239. The van der Waals surface area contributed by atoms with Gasteiger partial charge in [0.2, 0.25) is 5.79 Å². The molecule has 0 radical (unpaired) electrons. The van der Waals surface area contributed by atoms with Crippen molar-refractivity contribution in [1.82, 2.24) is 14.6 Å². The third-order valence-corrected chi connectivity index (χ3v) is 30.4. The Kier molecular flexibility index (Phi) is 11.2. The number of anilines is 1. The smallest absolute Gasteiger partial charge is 0.239 e. The summed E-state index contributed by atoms with van der Waals surface area (Å²) in [6, 6.07) is 3.88. The SMILES string of the molecule is CC(C)(C)[Si](C)(C)Nc1ncnn2c(C3(O)O[C@H](CO[Si](C)(C)C(C)(C)C)[C@@H](O[Si](C)(C)C(C)(C)C)[C@H]3O[Si](C)(C)C(C)(C)C)ccc12. The molecule has 4 atom stereocenters. The largest absolute Gasteiger partial charge is 0.414 e. The summed E-state index contributed by atoms with van der Waals surface area (Å²) in [7, 11) is -8.99. The van der Waals surface area contributed by atoms with Crippen LogP contribution in [0, 0.1) is 0 Å². The fourth-order valence-corrected chi connectivity index (χ4v) is 9.47. The first kappa shape index (κ1) is 41.5. The molecular formula is C35H70N4O5Si4. The Morgan fingerprint density at radius 2 is 1.27 bits per heavy atom. The van der Waals surface area contributed by atoms with Crippen molar-refractivity contribution < 1.29 is 23.1 Å². The normalized spacial score (nSPS) is 24.1. The molecule has 2 aromatic rings. The van der Waals surface area contributed by atoms with E-state index in [0.717, 1.165) is 11.3 Å². The molecule has 1 aliphatic heterocycles. The molecule has 0 spiro atoms. The number of hydrogen-bond acceptors (Lipinski definition) is 8. The Morgan fingerprint density at radius 3 is 1.75 bits per heavy atom. The van der Waals surface area contributed by atoms with Gasteiger partial charge in [0.15, 0.2) is 33.2 Å². The van der Waals surface area contributed by atoms with Crippen molar-refractivity contribution >= 4 is 44.5 Å². The molecule has 2 N–H and O–H groups in total. The van der Waals surface area contributed by atoms with E-state index in [0.29, 0.717) is 12.3 Å². The quantitative estimate of drug-likeness (QED) is 0.233. The molecule has 13 heteroatoms. The van der Waals surface area contributed by atoms with Crippen molar-refractivity contribution in [3.63, 3.8) is 0 Å². The van der Waals surface area contributed by atoms with Gasteiger partial charge in [0.05, 0.1) is 6.61 Å². The van der Waals surface area contributed by atoms with E-state index < -0.39 is 57.3 Å². The molecule has 48 heavy (non-hydrogen) atoms. The van der Waals surface area contributed by atoms with Crippen LogP contribution in [0.3, 0.4) is 0 Å². The predicted octanol–water partition coefficient (Wildman–Crippen LogP) is 9.49. The van der Waals surface area contributed by atoms with Crippen LogP contribution < -0.4 is 4.98 Å². The van der Waals surface area contributed by atoms with E-state index in [2.05, 4.69) is 151 Å². The summed E-state index contributed by atoms with van der Waals surface area (Å²) < 4.78 is 30.0. The molecular weight excluding hydrogens is 669 g/mol. The van der Waals surface area contributed by atoms with Crippen LogP contribution in [0.5, 0.6) is 0 Å². The summed E-state index contributed by atoms with van der Waals surface area (Å²) in [5, 5.41) is 17.7. The second kappa shape index (κ2) is 12.9. The lowest BCUT2D eigenvalue weighted by Crippen LogP contribution is -2.56. The average molecular weight is 739 g/mol. The Balaban J connectivity index is 2.27. The zero-order valence-corrected chi connectivity index (χ0v) is 38.1. The van der Waals surface area contributed by atoms with Crippen molar-refractivity contribution in [1.29, 1.82) is 0 Å². The summed E-state index contributed by atoms with van der Waals surface area (Å²) >= 11 is 0. The Morgan fingerprint density at radius 1 is 0.771 bits per heavy atom. The van der Waals surface area contributed by atoms with Crippen LogP contribution >= 0.6 is 0 Å². The van der Waals surface area contributed by atoms with Crippen molar-refractivity contribution in [2.75, 3.05) is 11.6 Å². The van der Waals surface area contributed by atoms with E-state index >= 15 is 0 Å². The summed E-state index contributed by atoms with van der Waals surface area (Å²) in [5.41, 5.74) is 1.28. The van der Waals surface area contributed by atoms with Gasteiger partial charge in [-0.05, 0) is 71.6 Å². The number of nitrogens with one attached hydrogen (secondary N) is 1. The molecule has 276 valence electrons. The summed E-state index contributed by atoms with van der Waals surface area (Å²) in [6.07, 6.45) is -0.391. The van der Waals surface area contributed by atoms with Gasteiger partial charge in [-0.1, -0.05) is 96.2 Å². The number of ether oxygens (including phenoxy) is 1. The molecule has 0 bridgehead atoms. The standard InChI is InChI=1S/C35H70N4O5Si4/c1-31(2,3)45(13,14)38-30-25-21-22-27(39(25)37-24-36-30)35(40)29(44-48(19,20)34(10,11)12)28(43-47(17,18)33(7,8)9)26(42-35)23-41-46(15,16)32(4,5)6/h21-22,24,26,28-29,40H,23H2,1-20H3,(H,36,37,38)/t26-,28-,29-,35?/m1/s1. The van der Waals surface area contributed by atoms with Crippen molar-refractivity contribution in [3.8, 4) is 0 Å². The van der Waals surface area contributed by atoms with Gasteiger partial charge in [-0.25, -0.2) is 9.50 Å². The van der Waals surface area contributed by atoms with Crippen LogP contribution in [0.4, 0.5) is 5.82 Å². The number of aliphatic hydroxyl groups is 1. The van der Waals surface area contributed by atoms with E-state index in [1.807, 2.05) is 12.1 Å². The van der Waals surface area contributed by atoms with Gasteiger partial charge < -0.3 is 28.1 Å². The second-order valence-electron chi connectivity index (χ2n) is 20.2. The highest BCUT2D eigenvalue weighted by Crippen LogP contribution is 2.49. The van der Waals surface area contributed by atoms with Gasteiger partial charge in [-0.15, -0.1) is 0 Å². The van der Waals surface area contributed by atoms with Gasteiger partial charge in [-0.3, -0.25) is 0 Å². The van der Waals surface area contributed by atoms with E-state index in [4.69, 9.17) is 18.0 Å². The van der Waals surface area contributed by atoms with Crippen LogP contribution in [0.1, 0.15) is 88.8 Å². The summed E-state index contributed by atoms with van der Waals surface area (Å²) in [4.78, 5) is 8.46. The molecule has 0 saturated carbocycles. The number of hydrogen-bond donors (Lipinski definition) is 2. The van der Waals surface area contributed by atoms with Gasteiger partial charge in [-0.2, -0.15) is 5.10 Å². The third kappa shape index (κ3) is 8.09. The van der Waals surface area contributed by atoms with Crippen LogP contribution in [0.15, 0.2) is 18.5 Å². The van der Waals surface area contributed by atoms with Crippen LogP contribution in [-0.4, -0.2) is 77.8 Å². The van der Waals surface area contributed by atoms with Crippen molar-refractivity contribution in [2.45, 2.75) is 180 Å². The third-order valence-electron chi connectivity index (χ3n) is 12.4. The Hall–Kier alpha value is -0.912.